The maximum absolute atomic E-state index is 12.9. The summed E-state index contributed by atoms with van der Waals surface area (Å²) < 4.78 is 39.9. The number of hydrogen-bond donors (Lipinski definition) is 3. The topological polar surface area (TPSA) is 113 Å². The van der Waals surface area contributed by atoms with E-state index in [1.54, 1.807) is 0 Å². The van der Waals surface area contributed by atoms with E-state index in [0.717, 1.165) is 38.2 Å². The van der Waals surface area contributed by atoms with E-state index in [2.05, 4.69) is 20.3 Å². The zero-order chi connectivity index (χ0) is 21.0. The van der Waals surface area contributed by atoms with Crippen LogP contribution in [0.1, 0.15) is 55.6 Å². The summed E-state index contributed by atoms with van der Waals surface area (Å²) in [5.74, 6) is -0.181. The Morgan fingerprint density at radius 1 is 1.24 bits per heavy atom. The molecule has 1 saturated carbocycles. The number of anilines is 1. The Balaban J connectivity index is 1.77. The molecule has 0 bridgehead atoms. The molecule has 0 aliphatic heterocycles. The Morgan fingerprint density at radius 2 is 1.97 bits per heavy atom. The van der Waals surface area contributed by atoms with Crippen LogP contribution >= 0.6 is 0 Å². The lowest BCUT2D eigenvalue weighted by Crippen LogP contribution is -2.27. The molecule has 2 aromatic rings. The van der Waals surface area contributed by atoms with Gasteiger partial charge >= 0.3 is 6.18 Å². The molecule has 2 heterocycles. The number of aliphatic hydroxyl groups excluding tert-OH is 2. The van der Waals surface area contributed by atoms with E-state index in [9.17, 15) is 23.1 Å². The van der Waals surface area contributed by atoms with Crippen LogP contribution in [-0.4, -0.2) is 42.2 Å². The number of nitrogens with one attached hydrogen (secondary N) is 1. The first-order valence-electron chi connectivity index (χ1n) is 9.30. The van der Waals surface area contributed by atoms with Crippen molar-refractivity contribution in [3.05, 3.63) is 36.3 Å². The van der Waals surface area contributed by atoms with Crippen molar-refractivity contribution in [2.24, 2.45) is 5.92 Å². The summed E-state index contributed by atoms with van der Waals surface area (Å²) in [7, 11) is 0. The minimum Gasteiger partial charge on any atom is -0.393 e. The number of alkyl halides is 3. The summed E-state index contributed by atoms with van der Waals surface area (Å²) in [6.45, 7) is -0.522. The van der Waals surface area contributed by atoms with Gasteiger partial charge in [0.25, 0.3) is 0 Å². The van der Waals surface area contributed by atoms with Crippen LogP contribution in [0.3, 0.4) is 0 Å². The third-order valence-corrected chi connectivity index (χ3v) is 5.02. The number of imidazole rings is 1. The average Bonchev–Trinajstić information content (AvgIpc) is 3.37. The molecule has 0 unspecified atom stereocenters. The molecule has 1 aliphatic carbocycles. The van der Waals surface area contributed by atoms with Crippen LogP contribution < -0.4 is 5.32 Å². The largest absolute Gasteiger partial charge is 0.434 e. The average molecular weight is 413 g/mol. The smallest absolute Gasteiger partial charge is 0.393 e. The van der Waals surface area contributed by atoms with Crippen molar-refractivity contribution in [1.29, 1.82) is 0 Å². The van der Waals surface area contributed by atoms with E-state index in [0.29, 0.717) is 6.42 Å². The van der Waals surface area contributed by atoms with Gasteiger partial charge in [0.2, 0.25) is 5.91 Å². The maximum atomic E-state index is 12.9. The molecule has 8 nitrogen and oxygen atoms in total. The van der Waals surface area contributed by atoms with Gasteiger partial charge in [-0.3, -0.25) is 9.78 Å². The van der Waals surface area contributed by atoms with E-state index in [-0.39, 0.29) is 17.4 Å². The van der Waals surface area contributed by atoms with Crippen LogP contribution in [-0.2, 0) is 11.0 Å². The third kappa shape index (κ3) is 5.30. The molecule has 1 amide bonds. The van der Waals surface area contributed by atoms with Crippen molar-refractivity contribution in [2.45, 2.75) is 50.4 Å². The molecule has 0 spiro atoms. The fourth-order valence-electron chi connectivity index (χ4n) is 3.46. The predicted molar refractivity (Wildman–Crippen MR) is 95.5 cm³/mol. The highest BCUT2D eigenvalue weighted by atomic mass is 19.4. The number of hydrogen-bond acceptors (Lipinski definition) is 6. The first-order valence-corrected chi connectivity index (χ1v) is 9.30. The number of halogens is 3. The molecule has 3 N–H and O–H groups in total. The number of aromatic nitrogens is 4. The molecule has 158 valence electrons. The summed E-state index contributed by atoms with van der Waals surface area (Å²) in [5, 5.41) is 21.0. The SMILES string of the molecule is O=C(Nc1cnc([C@H](O)CO)cn1)[C@H](CC1CCCC1)n1cnc(C(F)(F)F)c1. The minimum atomic E-state index is -4.59. The Bertz CT molecular complexity index is 819. The highest BCUT2D eigenvalue weighted by molar-refractivity contribution is 5.92. The summed E-state index contributed by atoms with van der Waals surface area (Å²) in [4.78, 5) is 24.1. The molecule has 3 rings (SSSR count). The molecule has 0 aromatic carbocycles. The summed E-state index contributed by atoms with van der Waals surface area (Å²) >= 11 is 0. The molecule has 2 atom stereocenters. The second kappa shape index (κ2) is 8.87. The highest BCUT2D eigenvalue weighted by Crippen LogP contribution is 2.34. The van der Waals surface area contributed by atoms with Gasteiger partial charge in [-0.15, -0.1) is 0 Å². The number of nitrogens with zero attached hydrogens (tertiary/aromatic N) is 4. The summed E-state index contributed by atoms with van der Waals surface area (Å²) in [6.07, 6.45) is 2.84. The number of carbonyl (C=O) groups is 1. The quantitative estimate of drug-likeness (QED) is 0.643. The lowest BCUT2D eigenvalue weighted by Gasteiger charge is -2.21. The normalized spacial score (nSPS) is 17.3. The Morgan fingerprint density at radius 3 is 2.52 bits per heavy atom. The third-order valence-electron chi connectivity index (χ3n) is 5.02. The standard InChI is InChI=1S/C18H22F3N5O3/c19-18(20,21)15-8-26(10-24-15)13(5-11-3-1-2-4-11)17(29)25-16-7-22-12(6-23-16)14(28)9-27/h6-8,10-11,13-14,27-28H,1-5,9H2,(H,23,25,29)/t13-,14+/m0/s1. The van der Waals surface area contributed by atoms with Gasteiger partial charge in [-0.25, -0.2) is 9.97 Å². The molecule has 0 saturated heterocycles. The van der Waals surface area contributed by atoms with E-state index in [1.165, 1.54) is 17.0 Å². The van der Waals surface area contributed by atoms with Gasteiger partial charge in [0.15, 0.2) is 11.5 Å². The summed E-state index contributed by atoms with van der Waals surface area (Å²) in [5.41, 5.74) is -0.915. The predicted octanol–water partition coefficient (Wildman–Crippen LogP) is 2.48. The van der Waals surface area contributed by atoms with E-state index in [4.69, 9.17) is 5.11 Å². The lowest BCUT2D eigenvalue weighted by atomic mass is 9.97. The Hall–Kier alpha value is -2.53. The van der Waals surface area contributed by atoms with Gasteiger partial charge in [-0.2, -0.15) is 13.2 Å². The van der Waals surface area contributed by atoms with Crippen LogP contribution in [0, 0.1) is 5.92 Å². The molecular formula is C18H22F3N5O3. The van der Waals surface area contributed by atoms with Gasteiger partial charge in [-0.05, 0) is 12.3 Å². The van der Waals surface area contributed by atoms with Crippen LogP contribution in [0.15, 0.2) is 24.9 Å². The van der Waals surface area contributed by atoms with E-state index >= 15 is 0 Å². The second-order valence-electron chi connectivity index (χ2n) is 7.12. The van der Waals surface area contributed by atoms with Gasteiger partial charge < -0.3 is 20.1 Å². The van der Waals surface area contributed by atoms with Crippen molar-refractivity contribution >= 4 is 11.7 Å². The molecule has 11 heteroatoms. The van der Waals surface area contributed by atoms with Crippen LogP contribution in [0.2, 0.25) is 0 Å². The number of aliphatic hydroxyl groups is 2. The molecule has 1 aliphatic rings. The Labute approximate surface area is 164 Å². The first kappa shape index (κ1) is 21.2. The van der Waals surface area contributed by atoms with Crippen molar-refractivity contribution in [3.8, 4) is 0 Å². The zero-order valence-electron chi connectivity index (χ0n) is 15.5. The van der Waals surface area contributed by atoms with Crippen molar-refractivity contribution in [3.63, 3.8) is 0 Å². The molecule has 2 aromatic heterocycles. The zero-order valence-corrected chi connectivity index (χ0v) is 15.5. The first-order chi connectivity index (χ1) is 13.8. The van der Waals surface area contributed by atoms with Crippen LogP contribution in [0.25, 0.3) is 0 Å². The molecule has 0 radical (unpaired) electrons. The lowest BCUT2D eigenvalue weighted by molar-refractivity contribution is -0.141. The van der Waals surface area contributed by atoms with Gasteiger partial charge in [0.1, 0.15) is 12.1 Å². The number of rotatable bonds is 7. The summed E-state index contributed by atoms with van der Waals surface area (Å²) in [6, 6.07) is -0.869. The molecular weight excluding hydrogens is 391 g/mol. The van der Waals surface area contributed by atoms with E-state index < -0.39 is 36.5 Å². The van der Waals surface area contributed by atoms with Gasteiger partial charge in [0, 0.05) is 6.20 Å². The fourth-order valence-corrected chi connectivity index (χ4v) is 3.46. The number of carbonyl (C=O) groups excluding carboxylic acids is 1. The maximum Gasteiger partial charge on any atom is 0.434 e. The minimum absolute atomic E-state index is 0.0940. The van der Waals surface area contributed by atoms with Crippen molar-refractivity contribution in [1.82, 2.24) is 19.5 Å². The molecule has 29 heavy (non-hydrogen) atoms. The van der Waals surface area contributed by atoms with E-state index in [1.807, 2.05) is 0 Å². The Kier molecular flexibility index (Phi) is 6.48. The highest BCUT2D eigenvalue weighted by Gasteiger charge is 2.35. The van der Waals surface area contributed by atoms with Crippen LogP contribution in [0.4, 0.5) is 19.0 Å². The van der Waals surface area contributed by atoms with Gasteiger partial charge in [0.05, 0.1) is 31.0 Å². The fraction of sp³-hybridized carbons (Fsp3) is 0.556. The van der Waals surface area contributed by atoms with Gasteiger partial charge in [-0.1, -0.05) is 25.7 Å². The number of amides is 1. The van der Waals surface area contributed by atoms with Crippen molar-refractivity contribution in [2.75, 3.05) is 11.9 Å². The monoisotopic (exact) mass is 413 g/mol. The van der Waals surface area contributed by atoms with Crippen molar-refractivity contribution < 1.29 is 28.2 Å². The van der Waals surface area contributed by atoms with Crippen LogP contribution in [0.5, 0.6) is 0 Å². The second-order valence-corrected chi connectivity index (χ2v) is 7.12. The molecule has 1 fully saturated rings.